The molecule has 0 rings (SSSR count). The second-order valence-corrected chi connectivity index (χ2v) is 2.62. The summed E-state index contributed by atoms with van der Waals surface area (Å²) in [5, 5.41) is 20.2. The maximum Gasteiger partial charge on any atom is 0.0607 e. The van der Waals surface area contributed by atoms with Gasteiger partial charge in [-0.2, -0.15) is 0 Å². The zero-order valence-electron chi connectivity index (χ0n) is 6.55. The fourth-order valence-electron chi connectivity index (χ4n) is 0.531. The largest absolute Gasteiger partial charge is 0.395 e. The van der Waals surface area contributed by atoms with Crippen LogP contribution in [-0.2, 0) is 0 Å². The van der Waals surface area contributed by atoms with E-state index in [0.29, 0.717) is 6.54 Å². The summed E-state index contributed by atoms with van der Waals surface area (Å²) in [6.45, 7) is 2.33. The van der Waals surface area contributed by atoms with Gasteiger partial charge in [0.25, 0.3) is 0 Å². The van der Waals surface area contributed by atoms with E-state index in [0.717, 1.165) is 5.57 Å². The lowest BCUT2D eigenvalue weighted by molar-refractivity contribution is 0.173. The van der Waals surface area contributed by atoms with Gasteiger partial charge in [0.1, 0.15) is 0 Å². The van der Waals surface area contributed by atoms with Crippen molar-refractivity contribution in [3.63, 3.8) is 0 Å². The van der Waals surface area contributed by atoms with E-state index in [4.69, 9.17) is 21.8 Å². The van der Waals surface area contributed by atoms with Gasteiger partial charge in [0, 0.05) is 12.1 Å². The summed E-state index contributed by atoms with van der Waals surface area (Å²) in [6, 6.07) is -0.249. The number of aliphatic hydroxyl groups excluding tert-OH is 2. The molecule has 0 bridgehead atoms. The molecule has 0 heterocycles. The lowest BCUT2D eigenvalue weighted by Crippen LogP contribution is -2.36. The molecule has 66 valence electrons. The lowest BCUT2D eigenvalue weighted by atomic mass is 10.3. The molecule has 0 saturated carbocycles. The normalized spacial score (nSPS) is 12.6. The Labute approximate surface area is 71.7 Å². The van der Waals surface area contributed by atoms with Crippen LogP contribution in [0.25, 0.3) is 0 Å². The molecule has 0 aromatic rings. The van der Waals surface area contributed by atoms with Crippen LogP contribution >= 0.6 is 11.6 Å². The monoisotopic (exact) mass is 179 g/mol. The second-order valence-electron chi connectivity index (χ2n) is 2.40. The van der Waals surface area contributed by atoms with E-state index in [1.165, 1.54) is 5.54 Å². The summed E-state index contributed by atoms with van der Waals surface area (Å²) in [6.07, 6.45) is 0. The summed E-state index contributed by atoms with van der Waals surface area (Å²) in [7, 11) is 0. The van der Waals surface area contributed by atoms with Gasteiger partial charge in [-0.25, -0.2) is 0 Å². The molecule has 0 spiro atoms. The highest BCUT2D eigenvalue weighted by Crippen LogP contribution is 1.93. The zero-order chi connectivity index (χ0) is 8.69. The Kier molecular flexibility index (Phi) is 6.56. The quantitative estimate of drug-likeness (QED) is 0.560. The molecule has 3 N–H and O–H groups in total. The minimum Gasteiger partial charge on any atom is -0.395 e. The van der Waals surface area contributed by atoms with Crippen LogP contribution in [0.3, 0.4) is 0 Å². The fourth-order valence-corrected chi connectivity index (χ4v) is 0.608. The Hall–Kier alpha value is -0.0900. The molecule has 0 aliphatic carbocycles. The molecule has 0 aromatic heterocycles. The molecule has 0 amide bonds. The van der Waals surface area contributed by atoms with Gasteiger partial charge >= 0.3 is 0 Å². The smallest absolute Gasteiger partial charge is 0.0607 e. The van der Waals surface area contributed by atoms with Crippen LogP contribution in [0, 0.1) is 0 Å². The molecule has 0 atom stereocenters. The van der Waals surface area contributed by atoms with E-state index in [2.05, 4.69) is 5.32 Å². The van der Waals surface area contributed by atoms with Gasteiger partial charge in [-0.15, -0.1) is 0 Å². The zero-order valence-corrected chi connectivity index (χ0v) is 7.30. The van der Waals surface area contributed by atoms with Crippen molar-refractivity contribution in [1.29, 1.82) is 0 Å². The van der Waals surface area contributed by atoms with Gasteiger partial charge in [0.05, 0.1) is 19.3 Å². The standard InChI is InChI=1S/C7H14ClNO2/c1-6(2-8)3-9-7(4-10)5-11/h2,7,9-11H,3-5H2,1H3. The SMILES string of the molecule is CC(=CCl)CNC(CO)CO. The lowest BCUT2D eigenvalue weighted by Gasteiger charge is -2.12. The molecule has 0 aliphatic heterocycles. The summed E-state index contributed by atoms with van der Waals surface area (Å²) in [5.41, 5.74) is 2.44. The van der Waals surface area contributed by atoms with E-state index in [1.807, 2.05) is 6.92 Å². The number of rotatable bonds is 5. The number of hydrogen-bond donors (Lipinski definition) is 3. The third-order valence-electron chi connectivity index (χ3n) is 1.30. The minimum absolute atomic E-state index is 0.0634. The van der Waals surface area contributed by atoms with Crippen molar-refractivity contribution in [2.45, 2.75) is 13.0 Å². The molecular formula is C7H14ClNO2. The summed E-state index contributed by atoms with van der Waals surface area (Å²) in [4.78, 5) is 0. The number of hydrogen-bond acceptors (Lipinski definition) is 3. The van der Waals surface area contributed by atoms with Crippen molar-refractivity contribution in [1.82, 2.24) is 5.32 Å². The van der Waals surface area contributed by atoms with E-state index >= 15 is 0 Å². The molecular weight excluding hydrogens is 166 g/mol. The molecule has 0 aliphatic rings. The summed E-state index contributed by atoms with van der Waals surface area (Å²) in [5.74, 6) is 0. The van der Waals surface area contributed by atoms with Crippen molar-refractivity contribution in [2.24, 2.45) is 0 Å². The van der Waals surface area contributed by atoms with Gasteiger partial charge in [0.15, 0.2) is 0 Å². The van der Waals surface area contributed by atoms with Crippen LogP contribution in [0.15, 0.2) is 11.1 Å². The molecule has 3 nitrogen and oxygen atoms in total. The van der Waals surface area contributed by atoms with Gasteiger partial charge in [-0.1, -0.05) is 11.6 Å². The summed E-state index contributed by atoms with van der Waals surface area (Å²) >= 11 is 5.39. The van der Waals surface area contributed by atoms with Crippen molar-refractivity contribution in [2.75, 3.05) is 19.8 Å². The van der Waals surface area contributed by atoms with Gasteiger partial charge in [-0.3, -0.25) is 0 Å². The maximum atomic E-state index is 8.64. The van der Waals surface area contributed by atoms with Crippen LogP contribution in [-0.4, -0.2) is 36.0 Å². The Balaban J connectivity index is 3.50. The first-order valence-corrected chi connectivity index (χ1v) is 3.89. The third kappa shape index (κ3) is 5.21. The van der Waals surface area contributed by atoms with Gasteiger partial charge < -0.3 is 15.5 Å². The van der Waals surface area contributed by atoms with Crippen LogP contribution in [0.1, 0.15) is 6.92 Å². The van der Waals surface area contributed by atoms with Crippen LogP contribution < -0.4 is 5.32 Å². The number of aliphatic hydroxyl groups is 2. The second kappa shape index (κ2) is 6.61. The predicted octanol–water partition coefficient (Wildman–Crippen LogP) is 0.0718. The Morgan fingerprint density at radius 1 is 1.55 bits per heavy atom. The predicted molar refractivity (Wildman–Crippen MR) is 45.6 cm³/mol. The topological polar surface area (TPSA) is 52.5 Å². The van der Waals surface area contributed by atoms with Crippen molar-refractivity contribution in [3.8, 4) is 0 Å². The Bertz CT molecular complexity index is 124. The Morgan fingerprint density at radius 3 is 2.45 bits per heavy atom. The van der Waals surface area contributed by atoms with Crippen molar-refractivity contribution in [3.05, 3.63) is 11.1 Å². The molecule has 11 heavy (non-hydrogen) atoms. The van der Waals surface area contributed by atoms with Crippen molar-refractivity contribution >= 4 is 11.6 Å². The van der Waals surface area contributed by atoms with E-state index in [1.54, 1.807) is 0 Å². The van der Waals surface area contributed by atoms with Crippen LogP contribution in [0.5, 0.6) is 0 Å². The molecule has 0 aromatic carbocycles. The molecule has 0 saturated heterocycles. The highest BCUT2D eigenvalue weighted by Gasteiger charge is 2.02. The number of halogens is 1. The number of nitrogens with one attached hydrogen (secondary N) is 1. The molecule has 0 radical (unpaired) electrons. The maximum absolute atomic E-state index is 8.64. The van der Waals surface area contributed by atoms with Gasteiger partial charge in [0.2, 0.25) is 0 Å². The average molecular weight is 180 g/mol. The first-order chi connectivity index (χ1) is 5.24. The summed E-state index contributed by atoms with van der Waals surface area (Å²) < 4.78 is 0. The third-order valence-corrected chi connectivity index (χ3v) is 1.67. The first-order valence-electron chi connectivity index (χ1n) is 3.45. The average Bonchev–Trinajstić information content (AvgIpc) is 2.06. The van der Waals surface area contributed by atoms with Crippen LogP contribution in [0.4, 0.5) is 0 Å². The van der Waals surface area contributed by atoms with E-state index in [9.17, 15) is 0 Å². The fraction of sp³-hybridized carbons (Fsp3) is 0.714. The van der Waals surface area contributed by atoms with Gasteiger partial charge in [-0.05, 0) is 12.5 Å². The van der Waals surface area contributed by atoms with Crippen molar-refractivity contribution < 1.29 is 10.2 Å². The molecule has 0 fully saturated rings. The molecule has 4 heteroatoms. The van der Waals surface area contributed by atoms with Crippen LogP contribution in [0.2, 0.25) is 0 Å². The Morgan fingerprint density at radius 2 is 2.09 bits per heavy atom. The highest BCUT2D eigenvalue weighted by molar-refractivity contribution is 6.25. The van der Waals surface area contributed by atoms with E-state index < -0.39 is 0 Å². The molecule has 0 unspecified atom stereocenters. The highest BCUT2D eigenvalue weighted by atomic mass is 35.5. The minimum atomic E-state index is -0.249. The van der Waals surface area contributed by atoms with E-state index in [-0.39, 0.29) is 19.3 Å². The first kappa shape index (κ1) is 10.9.